The number of pyridine rings is 2. The average Bonchev–Trinajstić information content (AvgIpc) is 3.38. The van der Waals surface area contributed by atoms with E-state index in [1.165, 1.54) is 6.20 Å². The van der Waals surface area contributed by atoms with E-state index < -0.39 is 35.7 Å². The van der Waals surface area contributed by atoms with E-state index in [0.29, 0.717) is 61.4 Å². The monoisotopic (exact) mass is 722 g/mol. The lowest BCUT2D eigenvalue weighted by Gasteiger charge is -2.27. The van der Waals surface area contributed by atoms with Gasteiger partial charge in [-0.15, -0.1) is 0 Å². The van der Waals surface area contributed by atoms with Gasteiger partial charge in [-0.25, -0.2) is 9.78 Å². The van der Waals surface area contributed by atoms with Crippen molar-refractivity contribution in [3.05, 3.63) is 112 Å². The Hall–Kier alpha value is -6.15. The van der Waals surface area contributed by atoms with Crippen LogP contribution in [0.15, 0.2) is 79.1 Å². The zero-order chi connectivity index (χ0) is 36.6. The van der Waals surface area contributed by atoms with Crippen molar-refractivity contribution in [1.82, 2.24) is 25.5 Å². The molecule has 15 heteroatoms. The molecule has 1 atom stereocenters. The van der Waals surface area contributed by atoms with Crippen molar-refractivity contribution in [2.45, 2.75) is 44.6 Å². The number of amides is 7. The summed E-state index contributed by atoms with van der Waals surface area (Å²) in [6, 6.07) is 17.5. The summed E-state index contributed by atoms with van der Waals surface area (Å²) < 4.78 is 0. The molecule has 52 heavy (non-hydrogen) atoms. The van der Waals surface area contributed by atoms with Gasteiger partial charge in [0.15, 0.2) is 0 Å². The van der Waals surface area contributed by atoms with Crippen LogP contribution < -0.4 is 26.6 Å². The van der Waals surface area contributed by atoms with E-state index >= 15 is 0 Å². The standard InChI is InChI=1S/C37H35ClN8O6/c38-30-21-26(14-18-41-30)44-37(52)43-25-13-17-39-24(20-25)10-9-22-5-3-6-23(19-22)33(48)42-16-2-1-15-40-28-8-4-7-27-32(28)36(51)46(35(27)50)29-11-12-31(47)45-34(29)49/h3-8,13-14,17-21,29,40H,1-2,9-12,15-16H2,(H,42,48)(H,45,47,49)(H2,39,41,43,44,52). The first kappa shape index (κ1) is 35.7. The number of nitrogens with one attached hydrogen (secondary N) is 5. The highest BCUT2D eigenvalue weighted by atomic mass is 35.5. The summed E-state index contributed by atoms with van der Waals surface area (Å²) in [6.45, 7) is 0.917. The van der Waals surface area contributed by atoms with E-state index in [9.17, 15) is 28.8 Å². The number of carbonyl (C=O) groups excluding carboxylic acids is 6. The predicted octanol–water partition coefficient (Wildman–Crippen LogP) is 4.58. The van der Waals surface area contributed by atoms with E-state index in [4.69, 9.17) is 11.6 Å². The van der Waals surface area contributed by atoms with E-state index in [0.717, 1.165) is 16.2 Å². The first-order valence-electron chi connectivity index (χ1n) is 16.8. The number of fused-ring (bicyclic) bond motifs is 1. The van der Waals surface area contributed by atoms with Gasteiger partial charge >= 0.3 is 6.03 Å². The van der Waals surface area contributed by atoms with Gasteiger partial charge in [-0.05, 0) is 86.2 Å². The normalized spacial score (nSPS) is 15.2. The highest BCUT2D eigenvalue weighted by Gasteiger charge is 2.45. The van der Waals surface area contributed by atoms with Gasteiger partial charge in [-0.2, -0.15) is 0 Å². The van der Waals surface area contributed by atoms with Crippen LogP contribution in [-0.4, -0.2) is 69.6 Å². The topological polar surface area (TPSA) is 192 Å². The average molecular weight is 723 g/mol. The number of unbranched alkanes of at least 4 members (excludes halogenated alkanes) is 1. The number of urea groups is 1. The van der Waals surface area contributed by atoms with Crippen molar-refractivity contribution in [3.8, 4) is 0 Å². The second-order valence-electron chi connectivity index (χ2n) is 12.2. The Balaban J connectivity index is 0.935. The molecule has 5 N–H and O–H groups in total. The number of piperidine rings is 1. The minimum atomic E-state index is -1.03. The molecule has 1 fully saturated rings. The number of hydrogen-bond donors (Lipinski definition) is 5. The van der Waals surface area contributed by atoms with E-state index in [1.54, 1.807) is 54.7 Å². The fraction of sp³-hybridized carbons (Fsp3) is 0.243. The Morgan fingerprint density at radius 2 is 1.60 bits per heavy atom. The van der Waals surface area contributed by atoms with Gasteiger partial charge in [0.2, 0.25) is 11.8 Å². The third-order valence-corrected chi connectivity index (χ3v) is 8.80. The third kappa shape index (κ3) is 8.58. The van der Waals surface area contributed by atoms with Gasteiger partial charge in [-0.1, -0.05) is 29.8 Å². The van der Waals surface area contributed by atoms with Gasteiger partial charge in [0.25, 0.3) is 17.7 Å². The van der Waals surface area contributed by atoms with Crippen LogP contribution in [0.1, 0.15) is 68.0 Å². The maximum Gasteiger partial charge on any atom is 0.323 e. The minimum absolute atomic E-state index is 0.0530. The molecule has 14 nitrogen and oxygen atoms in total. The van der Waals surface area contributed by atoms with Gasteiger partial charge in [0, 0.05) is 60.2 Å². The number of imide groups is 2. The van der Waals surface area contributed by atoms with Crippen LogP contribution in [0.3, 0.4) is 0 Å². The highest BCUT2D eigenvalue weighted by molar-refractivity contribution is 6.29. The van der Waals surface area contributed by atoms with Gasteiger partial charge in [-0.3, -0.25) is 39.2 Å². The fourth-order valence-electron chi connectivity index (χ4n) is 6.05. The fourth-order valence-corrected chi connectivity index (χ4v) is 6.22. The molecule has 7 amide bonds. The summed E-state index contributed by atoms with van der Waals surface area (Å²) >= 11 is 5.88. The summed E-state index contributed by atoms with van der Waals surface area (Å²) in [5.74, 6) is -2.40. The smallest absolute Gasteiger partial charge is 0.323 e. The zero-order valence-corrected chi connectivity index (χ0v) is 28.7. The largest absolute Gasteiger partial charge is 0.384 e. The molecule has 0 radical (unpaired) electrons. The SMILES string of the molecule is O=C1CCC(N2C(=O)c3cccc(NCCCCNC(=O)c4cccc(CCc5cc(NC(=O)Nc6ccnc(Cl)c6)ccn5)c4)c3C2=O)C(=O)N1. The molecule has 2 aromatic carbocycles. The Morgan fingerprint density at radius 1 is 0.846 bits per heavy atom. The second-order valence-corrected chi connectivity index (χ2v) is 12.6. The summed E-state index contributed by atoms with van der Waals surface area (Å²) in [6.07, 6.45) is 5.82. The number of hydrogen-bond acceptors (Lipinski definition) is 9. The van der Waals surface area contributed by atoms with Crippen molar-refractivity contribution in [1.29, 1.82) is 0 Å². The number of aromatic nitrogens is 2. The Bertz CT molecular complexity index is 2060. The van der Waals surface area contributed by atoms with Crippen LogP contribution in [0.5, 0.6) is 0 Å². The number of anilines is 3. The van der Waals surface area contributed by atoms with Crippen molar-refractivity contribution in [3.63, 3.8) is 0 Å². The minimum Gasteiger partial charge on any atom is -0.384 e. The Morgan fingerprint density at radius 3 is 2.38 bits per heavy atom. The zero-order valence-electron chi connectivity index (χ0n) is 27.9. The number of aryl methyl sites for hydroxylation is 2. The highest BCUT2D eigenvalue weighted by Crippen LogP contribution is 2.32. The van der Waals surface area contributed by atoms with Crippen molar-refractivity contribution >= 4 is 64.2 Å². The van der Waals surface area contributed by atoms with Crippen LogP contribution in [0.4, 0.5) is 21.9 Å². The summed E-state index contributed by atoms with van der Waals surface area (Å²) in [5, 5.41) is 14.1. The van der Waals surface area contributed by atoms with E-state index in [1.807, 2.05) is 18.2 Å². The van der Waals surface area contributed by atoms with Gasteiger partial charge < -0.3 is 21.3 Å². The lowest BCUT2D eigenvalue weighted by Crippen LogP contribution is -2.54. The third-order valence-electron chi connectivity index (χ3n) is 8.59. The Kier molecular flexibility index (Phi) is 11.1. The lowest BCUT2D eigenvalue weighted by molar-refractivity contribution is -0.136. The molecule has 1 unspecified atom stereocenters. The maximum atomic E-state index is 13.3. The maximum absolute atomic E-state index is 13.3. The quantitative estimate of drug-likeness (QED) is 0.0747. The molecular formula is C37H35ClN8O6. The molecule has 4 aromatic rings. The number of nitrogens with zero attached hydrogens (tertiary/aromatic N) is 3. The molecule has 0 spiro atoms. The molecule has 1 saturated heterocycles. The summed E-state index contributed by atoms with van der Waals surface area (Å²) in [5.41, 5.74) is 4.28. The lowest BCUT2D eigenvalue weighted by atomic mass is 10.0. The first-order valence-corrected chi connectivity index (χ1v) is 17.1. The molecule has 0 saturated carbocycles. The van der Waals surface area contributed by atoms with Crippen LogP contribution in [0.25, 0.3) is 0 Å². The van der Waals surface area contributed by atoms with Crippen molar-refractivity contribution in [2.24, 2.45) is 0 Å². The van der Waals surface area contributed by atoms with Crippen LogP contribution in [0, 0.1) is 0 Å². The molecule has 4 heterocycles. The van der Waals surface area contributed by atoms with Crippen LogP contribution in [0.2, 0.25) is 5.15 Å². The molecule has 6 rings (SSSR count). The van der Waals surface area contributed by atoms with E-state index in [2.05, 4.69) is 36.6 Å². The Labute approximate surface area is 303 Å². The second kappa shape index (κ2) is 16.2. The number of benzene rings is 2. The molecule has 266 valence electrons. The predicted molar refractivity (Wildman–Crippen MR) is 193 cm³/mol. The number of carbonyl (C=O) groups is 6. The van der Waals surface area contributed by atoms with Gasteiger partial charge in [0.1, 0.15) is 11.2 Å². The number of rotatable bonds is 13. The van der Waals surface area contributed by atoms with Crippen LogP contribution in [-0.2, 0) is 22.4 Å². The van der Waals surface area contributed by atoms with Crippen molar-refractivity contribution < 1.29 is 28.8 Å². The molecule has 0 bridgehead atoms. The first-order chi connectivity index (χ1) is 25.2. The molecular weight excluding hydrogens is 688 g/mol. The molecule has 2 aliphatic rings. The van der Waals surface area contributed by atoms with E-state index in [-0.39, 0.29) is 35.0 Å². The number of halogens is 1. The van der Waals surface area contributed by atoms with Crippen LogP contribution >= 0.6 is 11.6 Å². The molecule has 2 aromatic heterocycles. The summed E-state index contributed by atoms with van der Waals surface area (Å²) in [7, 11) is 0. The molecule has 2 aliphatic heterocycles. The van der Waals surface area contributed by atoms with Gasteiger partial charge in [0.05, 0.1) is 11.1 Å². The summed E-state index contributed by atoms with van der Waals surface area (Å²) in [4.78, 5) is 84.8. The van der Waals surface area contributed by atoms with Crippen molar-refractivity contribution in [2.75, 3.05) is 29.0 Å². The molecule has 0 aliphatic carbocycles.